The van der Waals surface area contributed by atoms with Gasteiger partial charge >= 0.3 is 5.97 Å². The maximum absolute atomic E-state index is 11.8. The standard InChI is InChI=1S/C11H16O3/c1-7(12)14-10-6-8-3-4-11(10,2)9(13)5-8/h8,10H,3-6H2,1-2H3/t8-,10-,11+/m0/s1. The Morgan fingerprint density at radius 1 is 1.57 bits per heavy atom. The van der Waals surface area contributed by atoms with Crippen LogP contribution in [-0.4, -0.2) is 17.9 Å². The molecule has 3 rings (SSSR count). The van der Waals surface area contributed by atoms with Gasteiger partial charge in [-0.05, 0) is 32.1 Å². The molecule has 0 aromatic heterocycles. The van der Waals surface area contributed by atoms with Crippen LogP contribution < -0.4 is 0 Å². The lowest BCUT2D eigenvalue weighted by molar-refractivity contribution is -0.169. The first-order chi connectivity index (χ1) is 6.52. The number of hydrogen-bond acceptors (Lipinski definition) is 3. The molecule has 3 aliphatic carbocycles. The summed E-state index contributed by atoms with van der Waals surface area (Å²) in [5, 5.41) is 0. The average Bonchev–Trinajstić information content (AvgIpc) is 2.08. The van der Waals surface area contributed by atoms with Crippen LogP contribution in [0.25, 0.3) is 0 Å². The van der Waals surface area contributed by atoms with Crippen LogP contribution in [0.2, 0.25) is 0 Å². The van der Waals surface area contributed by atoms with E-state index in [0.29, 0.717) is 12.3 Å². The Bertz CT molecular complexity index is 284. The number of hydrogen-bond donors (Lipinski definition) is 0. The molecular weight excluding hydrogens is 180 g/mol. The van der Waals surface area contributed by atoms with E-state index in [9.17, 15) is 9.59 Å². The monoisotopic (exact) mass is 196 g/mol. The molecule has 0 radical (unpaired) electrons. The molecule has 3 nitrogen and oxygen atoms in total. The summed E-state index contributed by atoms with van der Waals surface area (Å²) in [6, 6.07) is 0. The molecule has 3 aliphatic rings. The minimum Gasteiger partial charge on any atom is -0.461 e. The van der Waals surface area contributed by atoms with Gasteiger partial charge in [-0.3, -0.25) is 9.59 Å². The third-order valence-electron chi connectivity index (χ3n) is 3.75. The zero-order chi connectivity index (χ0) is 10.3. The van der Waals surface area contributed by atoms with Gasteiger partial charge in [-0.15, -0.1) is 0 Å². The van der Waals surface area contributed by atoms with E-state index in [1.54, 1.807) is 0 Å². The smallest absolute Gasteiger partial charge is 0.302 e. The second kappa shape index (κ2) is 3.07. The zero-order valence-electron chi connectivity index (χ0n) is 8.71. The SMILES string of the molecule is CC(=O)O[C@H]1C[C@H]2CC[C@]1(C)C(=O)C2. The molecule has 3 heteroatoms. The first-order valence-electron chi connectivity index (χ1n) is 5.23. The van der Waals surface area contributed by atoms with Crippen molar-refractivity contribution < 1.29 is 14.3 Å². The summed E-state index contributed by atoms with van der Waals surface area (Å²) >= 11 is 0. The molecule has 2 bridgehead atoms. The molecule has 0 aromatic carbocycles. The minimum absolute atomic E-state index is 0.167. The van der Waals surface area contributed by atoms with E-state index in [1.807, 2.05) is 6.92 Å². The highest BCUT2D eigenvalue weighted by atomic mass is 16.5. The lowest BCUT2D eigenvalue weighted by Crippen LogP contribution is -2.52. The third kappa shape index (κ3) is 1.35. The fraction of sp³-hybridized carbons (Fsp3) is 0.818. The van der Waals surface area contributed by atoms with Crippen molar-refractivity contribution in [3.63, 3.8) is 0 Å². The Kier molecular flexibility index (Phi) is 2.13. The molecule has 0 N–H and O–H groups in total. The number of Topliss-reactive ketones (excluding diaryl/α,β-unsaturated/α-hetero) is 1. The topological polar surface area (TPSA) is 43.4 Å². The van der Waals surface area contributed by atoms with Gasteiger partial charge in [-0.1, -0.05) is 0 Å². The van der Waals surface area contributed by atoms with Crippen molar-refractivity contribution in [2.75, 3.05) is 0 Å². The van der Waals surface area contributed by atoms with Crippen molar-refractivity contribution in [3.05, 3.63) is 0 Å². The van der Waals surface area contributed by atoms with E-state index in [1.165, 1.54) is 6.92 Å². The number of ether oxygens (including phenoxy) is 1. The molecule has 14 heavy (non-hydrogen) atoms. The number of fused-ring (bicyclic) bond motifs is 3. The highest BCUT2D eigenvalue weighted by Crippen LogP contribution is 2.48. The van der Waals surface area contributed by atoms with Crippen LogP contribution in [-0.2, 0) is 14.3 Å². The van der Waals surface area contributed by atoms with Crippen LogP contribution in [0.3, 0.4) is 0 Å². The summed E-state index contributed by atoms with van der Waals surface area (Å²) in [5.74, 6) is 0.469. The highest BCUT2D eigenvalue weighted by Gasteiger charge is 2.52. The van der Waals surface area contributed by atoms with Gasteiger partial charge < -0.3 is 4.74 Å². The lowest BCUT2D eigenvalue weighted by atomic mass is 9.59. The number of carbonyl (C=O) groups excluding carboxylic acids is 2. The van der Waals surface area contributed by atoms with Crippen molar-refractivity contribution in [1.29, 1.82) is 0 Å². The normalized spacial score (nSPS) is 41.1. The molecule has 0 spiro atoms. The molecule has 0 heterocycles. The predicted molar refractivity (Wildman–Crippen MR) is 50.6 cm³/mol. The Hall–Kier alpha value is -0.860. The van der Waals surface area contributed by atoms with Gasteiger partial charge in [0.2, 0.25) is 0 Å². The van der Waals surface area contributed by atoms with Crippen molar-refractivity contribution in [2.24, 2.45) is 11.3 Å². The van der Waals surface area contributed by atoms with Gasteiger partial charge in [0, 0.05) is 13.3 Å². The van der Waals surface area contributed by atoms with Gasteiger partial charge in [-0.2, -0.15) is 0 Å². The minimum atomic E-state index is -0.388. The van der Waals surface area contributed by atoms with Gasteiger partial charge in [0.1, 0.15) is 11.9 Å². The molecule has 0 amide bonds. The van der Waals surface area contributed by atoms with Crippen molar-refractivity contribution in [1.82, 2.24) is 0 Å². The molecule has 3 fully saturated rings. The van der Waals surface area contributed by atoms with Crippen LogP contribution in [0.4, 0.5) is 0 Å². The molecule has 3 atom stereocenters. The number of esters is 1. The van der Waals surface area contributed by atoms with E-state index in [-0.39, 0.29) is 23.3 Å². The maximum atomic E-state index is 11.8. The summed E-state index contributed by atoms with van der Waals surface area (Å²) in [6.07, 6.45) is 3.39. The Morgan fingerprint density at radius 3 is 2.86 bits per heavy atom. The van der Waals surface area contributed by atoms with E-state index in [0.717, 1.165) is 19.3 Å². The summed E-state index contributed by atoms with van der Waals surface area (Å²) in [7, 11) is 0. The van der Waals surface area contributed by atoms with Crippen molar-refractivity contribution in [2.45, 2.75) is 45.6 Å². The van der Waals surface area contributed by atoms with E-state index >= 15 is 0 Å². The summed E-state index contributed by atoms with van der Waals surface area (Å²) < 4.78 is 5.24. The van der Waals surface area contributed by atoms with Crippen LogP contribution >= 0.6 is 0 Å². The largest absolute Gasteiger partial charge is 0.461 e. The molecule has 3 saturated carbocycles. The predicted octanol–water partition coefficient (Wildman–Crippen LogP) is 1.70. The van der Waals surface area contributed by atoms with E-state index in [4.69, 9.17) is 4.74 Å². The fourth-order valence-electron chi connectivity index (χ4n) is 2.72. The van der Waals surface area contributed by atoms with Gasteiger partial charge in [0.25, 0.3) is 0 Å². The second-order valence-corrected chi connectivity index (χ2v) is 4.78. The average molecular weight is 196 g/mol. The van der Waals surface area contributed by atoms with Crippen LogP contribution in [0, 0.1) is 11.3 Å². The molecule has 0 saturated heterocycles. The summed E-state index contributed by atoms with van der Waals surface area (Å²) in [6.45, 7) is 3.36. The van der Waals surface area contributed by atoms with E-state index in [2.05, 4.69) is 0 Å². The molecule has 0 aromatic rings. The maximum Gasteiger partial charge on any atom is 0.302 e. The van der Waals surface area contributed by atoms with Gasteiger partial charge in [0.05, 0.1) is 5.41 Å². The van der Waals surface area contributed by atoms with E-state index < -0.39 is 0 Å². The van der Waals surface area contributed by atoms with Crippen molar-refractivity contribution >= 4 is 11.8 Å². The zero-order valence-corrected chi connectivity index (χ0v) is 8.71. The number of ketones is 1. The molecule has 78 valence electrons. The second-order valence-electron chi connectivity index (χ2n) is 4.78. The fourth-order valence-corrected chi connectivity index (χ4v) is 2.72. The van der Waals surface area contributed by atoms with Crippen LogP contribution in [0.15, 0.2) is 0 Å². The number of rotatable bonds is 1. The Labute approximate surface area is 83.8 Å². The number of carbonyl (C=O) groups is 2. The summed E-state index contributed by atoms with van der Waals surface area (Å²) in [5.41, 5.74) is -0.388. The molecular formula is C11H16O3. The first kappa shape index (κ1) is 9.69. The van der Waals surface area contributed by atoms with Crippen LogP contribution in [0.5, 0.6) is 0 Å². The lowest BCUT2D eigenvalue weighted by Gasteiger charge is -2.47. The first-order valence-corrected chi connectivity index (χ1v) is 5.23. The summed E-state index contributed by atoms with van der Waals surface area (Å²) in [4.78, 5) is 22.7. The Balaban J connectivity index is 2.19. The van der Waals surface area contributed by atoms with Crippen molar-refractivity contribution in [3.8, 4) is 0 Å². The highest BCUT2D eigenvalue weighted by molar-refractivity contribution is 5.87. The molecule has 0 aliphatic heterocycles. The Morgan fingerprint density at radius 2 is 2.29 bits per heavy atom. The van der Waals surface area contributed by atoms with Gasteiger partial charge in [-0.25, -0.2) is 0 Å². The molecule has 0 unspecified atom stereocenters. The van der Waals surface area contributed by atoms with Crippen LogP contribution in [0.1, 0.15) is 39.5 Å². The van der Waals surface area contributed by atoms with Gasteiger partial charge in [0.15, 0.2) is 0 Å². The quantitative estimate of drug-likeness (QED) is 0.599. The third-order valence-corrected chi connectivity index (χ3v) is 3.75.